The molecule has 0 saturated carbocycles. The van der Waals surface area contributed by atoms with Gasteiger partial charge in [-0.15, -0.1) is 0 Å². The second kappa shape index (κ2) is 5.53. The van der Waals surface area contributed by atoms with Crippen LogP contribution < -0.4 is 10.1 Å². The summed E-state index contributed by atoms with van der Waals surface area (Å²) in [7, 11) is 1.55. The highest BCUT2D eigenvalue weighted by Crippen LogP contribution is 2.13. The summed E-state index contributed by atoms with van der Waals surface area (Å²) >= 11 is 0. The van der Waals surface area contributed by atoms with E-state index in [9.17, 15) is 9.59 Å². The molecule has 1 aromatic rings. The van der Waals surface area contributed by atoms with Crippen molar-refractivity contribution < 1.29 is 19.4 Å². The molecule has 1 aromatic carbocycles. The van der Waals surface area contributed by atoms with E-state index >= 15 is 0 Å². The maximum Gasteiger partial charge on any atom is 0.328 e. The molecule has 0 aliphatic carbocycles. The molecule has 98 valence electrons. The molecule has 0 unspecified atom stereocenters. The summed E-state index contributed by atoms with van der Waals surface area (Å²) in [5, 5.41) is 11.4. The van der Waals surface area contributed by atoms with Gasteiger partial charge in [0, 0.05) is 0 Å². The minimum Gasteiger partial charge on any atom is -0.497 e. The van der Waals surface area contributed by atoms with Crippen LogP contribution >= 0.6 is 0 Å². The molecule has 0 radical (unpaired) electrons. The van der Waals surface area contributed by atoms with Crippen molar-refractivity contribution in [2.24, 2.45) is 0 Å². The zero-order valence-electron chi connectivity index (χ0n) is 10.7. The fourth-order valence-corrected chi connectivity index (χ4v) is 1.41. The lowest BCUT2D eigenvalue weighted by Crippen LogP contribution is -2.50. The molecule has 5 heteroatoms. The molecule has 0 bridgehead atoms. The van der Waals surface area contributed by atoms with Crippen LogP contribution in [0.5, 0.6) is 5.75 Å². The third kappa shape index (κ3) is 3.76. The lowest BCUT2D eigenvalue weighted by atomic mass is 10.0. The van der Waals surface area contributed by atoms with Gasteiger partial charge in [0.1, 0.15) is 11.3 Å². The smallest absolute Gasteiger partial charge is 0.328 e. The van der Waals surface area contributed by atoms with E-state index in [1.54, 1.807) is 31.4 Å². The number of ether oxygens (including phenoxy) is 1. The first-order valence-corrected chi connectivity index (χ1v) is 5.52. The van der Waals surface area contributed by atoms with E-state index in [0.29, 0.717) is 5.75 Å². The topological polar surface area (TPSA) is 75.6 Å². The Morgan fingerprint density at radius 1 is 1.39 bits per heavy atom. The normalized spacial score (nSPS) is 10.8. The van der Waals surface area contributed by atoms with Gasteiger partial charge in [0.15, 0.2) is 0 Å². The Labute approximate surface area is 106 Å². The molecular formula is C13H17NO4. The van der Waals surface area contributed by atoms with Crippen molar-refractivity contribution in [2.75, 3.05) is 7.11 Å². The Kier molecular flexibility index (Phi) is 4.31. The SMILES string of the molecule is COc1cccc(CC(=O)NC(C)(C)C(=O)O)c1. The molecular weight excluding hydrogens is 234 g/mol. The van der Waals surface area contributed by atoms with Gasteiger partial charge in [-0.3, -0.25) is 4.79 Å². The molecule has 2 N–H and O–H groups in total. The van der Waals surface area contributed by atoms with Gasteiger partial charge in [0.05, 0.1) is 13.5 Å². The number of carboxylic acid groups (broad SMARTS) is 1. The van der Waals surface area contributed by atoms with Gasteiger partial charge in [0.2, 0.25) is 5.91 Å². The number of hydrogen-bond acceptors (Lipinski definition) is 3. The molecule has 5 nitrogen and oxygen atoms in total. The average Bonchev–Trinajstić information content (AvgIpc) is 2.28. The Morgan fingerprint density at radius 3 is 2.61 bits per heavy atom. The lowest BCUT2D eigenvalue weighted by Gasteiger charge is -2.20. The number of aliphatic carboxylic acids is 1. The van der Waals surface area contributed by atoms with Crippen molar-refractivity contribution in [1.29, 1.82) is 0 Å². The summed E-state index contributed by atoms with van der Waals surface area (Å²) in [5.41, 5.74) is -0.497. The van der Waals surface area contributed by atoms with Gasteiger partial charge in [-0.1, -0.05) is 12.1 Å². The number of hydrogen-bond donors (Lipinski definition) is 2. The van der Waals surface area contributed by atoms with Crippen LogP contribution in [0.25, 0.3) is 0 Å². The molecule has 0 heterocycles. The van der Waals surface area contributed by atoms with Gasteiger partial charge in [-0.2, -0.15) is 0 Å². The molecule has 0 saturated heterocycles. The number of nitrogens with one attached hydrogen (secondary N) is 1. The summed E-state index contributed by atoms with van der Waals surface area (Å²) in [6, 6.07) is 7.09. The van der Waals surface area contributed by atoms with E-state index in [0.717, 1.165) is 5.56 Å². The average molecular weight is 251 g/mol. The second-order valence-electron chi connectivity index (χ2n) is 4.51. The number of rotatable bonds is 5. The Morgan fingerprint density at radius 2 is 2.06 bits per heavy atom. The molecule has 0 aliphatic heterocycles. The predicted octanol–water partition coefficient (Wildman–Crippen LogP) is 1.22. The van der Waals surface area contributed by atoms with Crippen LogP contribution in [0, 0.1) is 0 Å². The fraction of sp³-hybridized carbons (Fsp3) is 0.385. The van der Waals surface area contributed by atoms with E-state index in [-0.39, 0.29) is 12.3 Å². The summed E-state index contributed by atoms with van der Waals surface area (Å²) in [6.07, 6.45) is 0.119. The number of benzene rings is 1. The molecule has 0 fully saturated rings. The van der Waals surface area contributed by atoms with Gasteiger partial charge in [0.25, 0.3) is 0 Å². The minimum absolute atomic E-state index is 0.119. The predicted molar refractivity (Wildman–Crippen MR) is 66.6 cm³/mol. The van der Waals surface area contributed by atoms with Crippen LogP contribution in [0.1, 0.15) is 19.4 Å². The number of carbonyl (C=O) groups is 2. The van der Waals surface area contributed by atoms with Crippen molar-refractivity contribution >= 4 is 11.9 Å². The molecule has 18 heavy (non-hydrogen) atoms. The van der Waals surface area contributed by atoms with Gasteiger partial charge < -0.3 is 15.2 Å². The van der Waals surface area contributed by atoms with Crippen LogP contribution in [-0.2, 0) is 16.0 Å². The molecule has 0 atom stereocenters. The van der Waals surface area contributed by atoms with Crippen molar-refractivity contribution in [3.05, 3.63) is 29.8 Å². The molecule has 0 aromatic heterocycles. The lowest BCUT2D eigenvalue weighted by molar-refractivity contribution is -0.145. The molecule has 1 amide bonds. The van der Waals surface area contributed by atoms with E-state index < -0.39 is 11.5 Å². The quantitative estimate of drug-likeness (QED) is 0.825. The Hall–Kier alpha value is -2.04. The third-order valence-corrected chi connectivity index (χ3v) is 2.49. The fourth-order valence-electron chi connectivity index (χ4n) is 1.41. The minimum atomic E-state index is -1.27. The molecule has 0 aliphatic rings. The maximum absolute atomic E-state index is 11.7. The van der Waals surface area contributed by atoms with Crippen molar-refractivity contribution in [3.63, 3.8) is 0 Å². The molecule has 1 rings (SSSR count). The summed E-state index contributed by atoms with van der Waals surface area (Å²) in [4.78, 5) is 22.6. The standard InChI is InChI=1S/C13H17NO4/c1-13(2,12(16)17)14-11(15)8-9-5-4-6-10(7-9)18-3/h4-7H,8H2,1-3H3,(H,14,15)(H,16,17). The van der Waals surface area contributed by atoms with E-state index in [1.165, 1.54) is 13.8 Å². The number of methoxy groups -OCH3 is 1. The van der Waals surface area contributed by atoms with Gasteiger partial charge in [-0.25, -0.2) is 4.79 Å². The summed E-state index contributed by atoms with van der Waals surface area (Å²) < 4.78 is 5.05. The largest absolute Gasteiger partial charge is 0.497 e. The Bertz CT molecular complexity index is 454. The summed E-state index contributed by atoms with van der Waals surface area (Å²) in [6.45, 7) is 2.89. The molecule has 0 spiro atoms. The van der Waals surface area contributed by atoms with Crippen molar-refractivity contribution in [1.82, 2.24) is 5.32 Å². The maximum atomic E-state index is 11.7. The van der Waals surface area contributed by atoms with Crippen molar-refractivity contribution in [2.45, 2.75) is 25.8 Å². The van der Waals surface area contributed by atoms with Gasteiger partial charge in [-0.05, 0) is 31.5 Å². The zero-order valence-corrected chi connectivity index (χ0v) is 10.7. The highest BCUT2D eigenvalue weighted by atomic mass is 16.5. The first-order chi connectivity index (χ1) is 8.35. The van der Waals surface area contributed by atoms with Crippen LogP contribution in [-0.4, -0.2) is 29.6 Å². The van der Waals surface area contributed by atoms with Crippen molar-refractivity contribution in [3.8, 4) is 5.75 Å². The van der Waals surface area contributed by atoms with Crippen LogP contribution in [0.3, 0.4) is 0 Å². The van der Waals surface area contributed by atoms with Gasteiger partial charge >= 0.3 is 5.97 Å². The van der Waals surface area contributed by atoms with Crippen LogP contribution in [0.4, 0.5) is 0 Å². The first-order valence-electron chi connectivity index (χ1n) is 5.52. The van der Waals surface area contributed by atoms with Crippen LogP contribution in [0.2, 0.25) is 0 Å². The second-order valence-corrected chi connectivity index (χ2v) is 4.51. The number of amides is 1. The third-order valence-electron chi connectivity index (χ3n) is 2.49. The number of carboxylic acids is 1. The first kappa shape index (κ1) is 14.0. The number of carbonyl (C=O) groups excluding carboxylic acids is 1. The van der Waals surface area contributed by atoms with E-state index in [4.69, 9.17) is 9.84 Å². The zero-order chi connectivity index (χ0) is 13.8. The Balaban J connectivity index is 2.67. The van der Waals surface area contributed by atoms with E-state index in [2.05, 4.69) is 5.32 Å². The summed E-state index contributed by atoms with van der Waals surface area (Å²) in [5.74, 6) is -0.741. The van der Waals surface area contributed by atoms with Crippen LogP contribution in [0.15, 0.2) is 24.3 Å². The highest BCUT2D eigenvalue weighted by Gasteiger charge is 2.28. The highest BCUT2D eigenvalue weighted by molar-refractivity contribution is 5.87. The van der Waals surface area contributed by atoms with E-state index in [1.807, 2.05) is 0 Å². The monoisotopic (exact) mass is 251 g/mol.